The molecule has 2 N–H and O–H groups in total. The quantitative estimate of drug-likeness (QED) is 0.908. The van der Waals surface area contributed by atoms with E-state index in [9.17, 15) is 4.79 Å². The van der Waals surface area contributed by atoms with E-state index in [0.717, 1.165) is 17.3 Å². The van der Waals surface area contributed by atoms with Crippen molar-refractivity contribution in [3.63, 3.8) is 0 Å². The molecule has 2 rings (SSSR count). The van der Waals surface area contributed by atoms with Crippen LogP contribution in [0.1, 0.15) is 43.0 Å². The summed E-state index contributed by atoms with van der Waals surface area (Å²) >= 11 is 3.33. The fourth-order valence-corrected chi connectivity index (χ4v) is 3.06. The topological polar surface area (TPSA) is 59.2 Å². The Morgan fingerprint density at radius 1 is 1.53 bits per heavy atom. The molecule has 0 spiro atoms. The Labute approximate surface area is 122 Å². The number of aromatic nitrogens is 1. The fraction of sp³-hybridized carbons (Fsp3) is 0.571. The van der Waals surface area contributed by atoms with E-state index in [1.54, 1.807) is 12.3 Å². The second-order valence-electron chi connectivity index (χ2n) is 5.43. The van der Waals surface area contributed by atoms with Crippen LogP contribution in [0.4, 0.5) is 5.82 Å². The molecular weight excluding hydrogens is 306 g/mol. The summed E-state index contributed by atoms with van der Waals surface area (Å²) in [6.45, 7) is 2.25. The van der Waals surface area contributed by atoms with Crippen LogP contribution in [-0.2, 0) is 0 Å². The zero-order chi connectivity index (χ0) is 14.0. The number of nitrogens with zero attached hydrogens (tertiary/aromatic N) is 2. The summed E-state index contributed by atoms with van der Waals surface area (Å²) in [5.41, 5.74) is 6.29. The van der Waals surface area contributed by atoms with E-state index in [4.69, 9.17) is 5.73 Å². The smallest absolute Gasteiger partial charge is 0.257 e. The number of rotatable bonds is 2. The Kier molecular flexibility index (Phi) is 4.45. The molecule has 1 saturated carbocycles. The summed E-state index contributed by atoms with van der Waals surface area (Å²) in [6, 6.07) is 2.06. The molecule has 104 valence electrons. The summed E-state index contributed by atoms with van der Waals surface area (Å²) < 4.78 is 0.774. The number of nitrogen functional groups attached to an aromatic ring is 1. The van der Waals surface area contributed by atoms with Crippen LogP contribution in [-0.4, -0.2) is 28.9 Å². The number of hydrogen-bond acceptors (Lipinski definition) is 3. The van der Waals surface area contributed by atoms with Gasteiger partial charge >= 0.3 is 0 Å². The molecule has 0 aliphatic heterocycles. The van der Waals surface area contributed by atoms with E-state index in [1.807, 2.05) is 11.9 Å². The van der Waals surface area contributed by atoms with E-state index in [0.29, 0.717) is 23.3 Å². The van der Waals surface area contributed by atoms with Crippen LogP contribution in [0, 0.1) is 5.92 Å². The van der Waals surface area contributed by atoms with Gasteiger partial charge in [-0.3, -0.25) is 4.79 Å². The van der Waals surface area contributed by atoms with Crippen molar-refractivity contribution in [1.82, 2.24) is 9.88 Å². The summed E-state index contributed by atoms with van der Waals surface area (Å²) in [6.07, 6.45) is 6.21. The lowest BCUT2D eigenvalue weighted by molar-refractivity contribution is 0.0673. The van der Waals surface area contributed by atoms with E-state index >= 15 is 0 Å². The number of carbonyl (C=O) groups excluding carboxylic acids is 1. The number of carbonyl (C=O) groups is 1. The molecule has 2 atom stereocenters. The summed E-state index contributed by atoms with van der Waals surface area (Å²) in [4.78, 5) is 18.4. The van der Waals surface area contributed by atoms with Gasteiger partial charge in [-0.25, -0.2) is 4.98 Å². The Bertz CT molecular complexity index is 478. The van der Waals surface area contributed by atoms with Crippen molar-refractivity contribution in [2.24, 2.45) is 5.92 Å². The molecule has 1 aromatic heterocycles. The van der Waals surface area contributed by atoms with Gasteiger partial charge in [0, 0.05) is 23.8 Å². The van der Waals surface area contributed by atoms with Crippen molar-refractivity contribution < 1.29 is 4.79 Å². The molecule has 5 heteroatoms. The maximum absolute atomic E-state index is 12.5. The van der Waals surface area contributed by atoms with Crippen molar-refractivity contribution in [3.05, 3.63) is 22.3 Å². The van der Waals surface area contributed by atoms with Crippen LogP contribution >= 0.6 is 15.9 Å². The predicted molar refractivity (Wildman–Crippen MR) is 79.9 cm³/mol. The first kappa shape index (κ1) is 14.3. The minimum Gasteiger partial charge on any atom is -0.383 e. The highest BCUT2D eigenvalue weighted by molar-refractivity contribution is 9.10. The predicted octanol–water partition coefficient (Wildman–Crippen LogP) is 3.08. The highest BCUT2D eigenvalue weighted by Gasteiger charge is 2.27. The molecule has 2 unspecified atom stereocenters. The van der Waals surface area contributed by atoms with Crippen LogP contribution < -0.4 is 5.73 Å². The average Bonchev–Trinajstić information content (AvgIpc) is 2.40. The van der Waals surface area contributed by atoms with E-state index < -0.39 is 0 Å². The molecule has 1 heterocycles. The summed E-state index contributed by atoms with van der Waals surface area (Å²) in [5, 5.41) is 0. The highest BCUT2D eigenvalue weighted by atomic mass is 79.9. The van der Waals surface area contributed by atoms with Gasteiger partial charge in [-0.15, -0.1) is 0 Å². The molecular formula is C14H20BrN3O. The van der Waals surface area contributed by atoms with Gasteiger partial charge in [0.05, 0.1) is 5.56 Å². The van der Waals surface area contributed by atoms with Gasteiger partial charge in [0.15, 0.2) is 0 Å². The SMILES string of the molecule is CC1CCCC(N(C)C(=O)c2cc(Br)cnc2N)C1. The van der Waals surface area contributed by atoms with Gasteiger partial charge in [0.1, 0.15) is 5.82 Å². The van der Waals surface area contributed by atoms with Crippen LogP contribution in [0.3, 0.4) is 0 Å². The Balaban J connectivity index is 2.16. The maximum Gasteiger partial charge on any atom is 0.257 e. The van der Waals surface area contributed by atoms with Gasteiger partial charge in [0.25, 0.3) is 5.91 Å². The third kappa shape index (κ3) is 3.26. The van der Waals surface area contributed by atoms with Crippen molar-refractivity contribution in [2.45, 2.75) is 38.6 Å². The van der Waals surface area contributed by atoms with Gasteiger partial charge in [-0.1, -0.05) is 19.8 Å². The molecule has 0 radical (unpaired) electrons. The molecule has 19 heavy (non-hydrogen) atoms. The first-order valence-corrected chi connectivity index (χ1v) is 7.46. The molecule has 1 aliphatic rings. The summed E-state index contributed by atoms with van der Waals surface area (Å²) in [7, 11) is 1.87. The first-order chi connectivity index (χ1) is 8.99. The fourth-order valence-electron chi connectivity index (χ4n) is 2.73. The minimum atomic E-state index is -0.0367. The number of amides is 1. The van der Waals surface area contributed by atoms with Crippen molar-refractivity contribution in [3.8, 4) is 0 Å². The first-order valence-electron chi connectivity index (χ1n) is 6.67. The lowest BCUT2D eigenvalue weighted by atomic mass is 9.86. The van der Waals surface area contributed by atoms with Crippen molar-refractivity contribution in [2.75, 3.05) is 12.8 Å². The monoisotopic (exact) mass is 325 g/mol. The van der Waals surface area contributed by atoms with E-state index in [1.165, 1.54) is 12.8 Å². The average molecular weight is 326 g/mol. The molecule has 0 aromatic carbocycles. The van der Waals surface area contributed by atoms with Crippen LogP contribution in [0.25, 0.3) is 0 Å². The van der Waals surface area contributed by atoms with Gasteiger partial charge < -0.3 is 10.6 Å². The molecule has 1 fully saturated rings. The lowest BCUT2D eigenvalue weighted by Crippen LogP contribution is -2.40. The molecule has 0 saturated heterocycles. The lowest BCUT2D eigenvalue weighted by Gasteiger charge is -2.34. The van der Waals surface area contributed by atoms with Crippen LogP contribution in [0.5, 0.6) is 0 Å². The van der Waals surface area contributed by atoms with Crippen LogP contribution in [0.2, 0.25) is 0 Å². The van der Waals surface area contributed by atoms with Gasteiger partial charge in [0.2, 0.25) is 0 Å². The Hall–Kier alpha value is -1.10. The van der Waals surface area contributed by atoms with E-state index in [2.05, 4.69) is 27.8 Å². The molecule has 1 aromatic rings. The molecule has 4 nitrogen and oxygen atoms in total. The van der Waals surface area contributed by atoms with Crippen molar-refractivity contribution >= 4 is 27.7 Å². The second-order valence-corrected chi connectivity index (χ2v) is 6.34. The van der Waals surface area contributed by atoms with Crippen molar-refractivity contribution in [1.29, 1.82) is 0 Å². The number of anilines is 1. The van der Waals surface area contributed by atoms with Gasteiger partial charge in [-0.05, 0) is 40.8 Å². The molecule has 1 amide bonds. The van der Waals surface area contributed by atoms with Gasteiger partial charge in [-0.2, -0.15) is 0 Å². The normalized spacial score (nSPS) is 23.1. The number of hydrogen-bond donors (Lipinski definition) is 1. The maximum atomic E-state index is 12.5. The second kappa shape index (κ2) is 5.90. The number of halogens is 1. The Morgan fingerprint density at radius 3 is 2.95 bits per heavy atom. The zero-order valence-corrected chi connectivity index (χ0v) is 13.0. The third-order valence-electron chi connectivity index (χ3n) is 3.89. The molecule has 1 aliphatic carbocycles. The zero-order valence-electron chi connectivity index (χ0n) is 11.4. The van der Waals surface area contributed by atoms with Crippen LogP contribution in [0.15, 0.2) is 16.7 Å². The molecule has 0 bridgehead atoms. The minimum absolute atomic E-state index is 0.0367. The number of nitrogens with two attached hydrogens (primary N) is 1. The highest BCUT2D eigenvalue weighted by Crippen LogP contribution is 2.28. The third-order valence-corrected chi connectivity index (χ3v) is 4.33. The van der Waals surface area contributed by atoms with E-state index in [-0.39, 0.29) is 5.91 Å². The standard InChI is InChI=1S/C14H20BrN3O/c1-9-4-3-5-11(6-9)18(2)14(19)12-7-10(15)8-17-13(12)16/h7-9,11H,3-6H2,1-2H3,(H2,16,17). The Morgan fingerprint density at radius 2 is 2.26 bits per heavy atom. The number of pyridine rings is 1. The largest absolute Gasteiger partial charge is 0.383 e. The summed E-state index contributed by atoms with van der Waals surface area (Å²) in [5.74, 6) is 0.946.